The van der Waals surface area contributed by atoms with Crippen LogP contribution in [0.5, 0.6) is 0 Å². The van der Waals surface area contributed by atoms with Gasteiger partial charge in [-0.2, -0.15) is 0 Å². The fraction of sp³-hybridized carbons (Fsp3) is 0.391. The molecular formula is C23H27N3. The fourth-order valence-corrected chi connectivity index (χ4v) is 4.86. The van der Waals surface area contributed by atoms with Gasteiger partial charge in [0.1, 0.15) is 0 Å². The van der Waals surface area contributed by atoms with E-state index in [1.807, 2.05) is 0 Å². The van der Waals surface area contributed by atoms with E-state index in [1.165, 1.54) is 54.5 Å². The Hall–Kier alpha value is -2.10. The van der Waals surface area contributed by atoms with Crippen LogP contribution in [0, 0.1) is 0 Å². The molecule has 2 aliphatic heterocycles. The molecule has 0 saturated carbocycles. The molecule has 3 heteroatoms. The van der Waals surface area contributed by atoms with Gasteiger partial charge in [-0.1, -0.05) is 48.5 Å². The van der Waals surface area contributed by atoms with Crippen LogP contribution in [0.4, 0.5) is 0 Å². The van der Waals surface area contributed by atoms with E-state index < -0.39 is 0 Å². The number of benzene rings is 2. The highest BCUT2D eigenvalue weighted by Gasteiger charge is 2.35. The van der Waals surface area contributed by atoms with Gasteiger partial charge in [0.15, 0.2) is 0 Å². The van der Waals surface area contributed by atoms with Gasteiger partial charge in [-0.25, -0.2) is 0 Å². The average Bonchev–Trinajstić information content (AvgIpc) is 3.08. The van der Waals surface area contributed by atoms with Crippen LogP contribution in [-0.4, -0.2) is 35.6 Å². The first kappa shape index (κ1) is 16.1. The van der Waals surface area contributed by atoms with E-state index in [2.05, 4.69) is 69.8 Å². The lowest BCUT2D eigenvalue weighted by atomic mass is 9.88. The van der Waals surface area contributed by atoms with E-state index in [0.29, 0.717) is 12.1 Å². The molecule has 1 aromatic heterocycles. The van der Waals surface area contributed by atoms with Gasteiger partial charge >= 0.3 is 0 Å². The van der Waals surface area contributed by atoms with Crippen LogP contribution in [-0.2, 0) is 12.8 Å². The lowest BCUT2D eigenvalue weighted by molar-refractivity contribution is 0.114. The van der Waals surface area contributed by atoms with Crippen LogP contribution in [0.25, 0.3) is 10.9 Å². The first-order chi connectivity index (χ1) is 12.9. The van der Waals surface area contributed by atoms with Crippen molar-refractivity contribution in [2.24, 2.45) is 0 Å². The number of hydrogen-bond donors (Lipinski definition) is 2. The Balaban J connectivity index is 1.29. The van der Waals surface area contributed by atoms with Crippen molar-refractivity contribution in [3.8, 4) is 0 Å². The minimum absolute atomic E-state index is 0.550. The molecule has 2 aromatic carbocycles. The second-order valence-electron chi connectivity index (χ2n) is 7.78. The van der Waals surface area contributed by atoms with E-state index in [-0.39, 0.29) is 0 Å². The second-order valence-corrected chi connectivity index (χ2v) is 7.78. The summed E-state index contributed by atoms with van der Waals surface area (Å²) in [7, 11) is 0. The number of hydrogen-bond acceptors (Lipinski definition) is 2. The first-order valence-electron chi connectivity index (χ1n) is 9.99. The van der Waals surface area contributed by atoms with E-state index in [4.69, 9.17) is 0 Å². The summed E-state index contributed by atoms with van der Waals surface area (Å²) in [5.41, 5.74) is 5.77. The minimum atomic E-state index is 0.550. The topological polar surface area (TPSA) is 31.1 Å². The van der Waals surface area contributed by atoms with Crippen molar-refractivity contribution in [3.05, 3.63) is 71.4 Å². The van der Waals surface area contributed by atoms with Crippen molar-refractivity contribution in [2.75, 3.05) is 19.6 Å². The van der Waals surface area contributed by atoms with Crippen LogP contribution in [0.3, 0.4) is 0 Å². The van der Waals surface area contributed by atoms with Crippen LogP contribution < -0.4 is 5.32 Å². The van der Waals surface area contributed by atoms with Gasteiger partial charge in [0.05, 0.1) is 6.04 Å². The summed E-state index contributed by atoms with van der Waals surface area (Å²) >= 11 is 0. The van der Waals surface area contributed by atoms with Gasteiger partial charge < -0.3 is 10.3 Å². The van der Waals surface area contributed by atoms with Gasteiger partial charge in [0, 0.05) is 35.7 Å². The standard InChI is InChI=1S/C23H27N3/c1-2-6-17(7-3-1)10-13-24-18-11-14-26-15-12-20-19-8-4-5-9-21(19)25-23(20)22(26)16-18/h1-9,18,22,24-25H,10-16H2/t18?,22-/m0/s1. The molecule has 2 aliphatic rings. The molecule has 134 valence electrons. The zero-order chi connectivity index (χ0) is 17.3. The first-order valence-corrected chi connectivity index (χ1v) is 9.99. The third kappa shape index (κ3) is 2.95. The van der Waals surface area contributed by atoms with E-state index in [9.17, 15) is 0 Å². The molecule has 1 saturated heterocycles. The van der Waals surface area contributed by atoms with Crippen molar-refractivity contribution in [1.82, 2.24) is 15.2 Å². The number of aromatic nitrogens is 1. The Morgan fingerprint density at radius 1 is 1.00 bits per heavy atom. The van der Waals surface area contributed by atoms with Crippen molar-refractivity contribution in [2.45, 2.75) is 37.8 Å². The third-order valence-electron chi connectivity index (χ3n) is 6.23. The number of para-hydroxylation sites is 1. The number of H-pyrrole nitrogens is 1. The van der Waals surface area contributed by atoms with E-state index in [1.54, 1.807) is 5.56 Å². The molecule has 2 N–H and O–H groups in total. The summed E-state index contributed by atoms with van der Waals surface area (Å²) in [6.45, 7) is 3.49. The summed E-state index contributed by atoms with van der Waals surface area (Å²) in [4.78, 5) is 6.44. The van der Waals surface area contributed by atoms with Crippen molar-refractivity contribution >= 4 is 10.9 Å². The predicted molar refractivity (Wildman–Crippen MR) is 107 cm³/mol. The second kappa shape index (κ2) is 6.90. The molecule has 3 heterocycles. The van der Waals surface area contributed by atoms with Crippen molar-refractivity contribution in [3.63, 3.8) is 0 Å². The van der Waals surface area contributed by atoms with Crippen molar-refractivity contribution in [1.29, 1.82) is 0 Å². The SMILES string of the molecule is c1ccc(CCNC2CCN3CCc4c([nH]c5ccccc45)[C@@H]3C2)cc1. The number of nitrogens with zero attached hydrogens (tertiary/aromatic N) is 1. The molecule has 1 fully saturated rings. The van der Waals surface area contributed by atoms with Crippen molar-refractivity contribution < 1.29 is 0 Å². The molecular weight excluding hydrogens is 318 g/mol. The number of aromatic amines is 1. The van der Waals surface area contributed by atoms with Crippen LogP contribution >= 0.6 is 0 Å². The Bertz CT molecular complexity index is 883. The van der Waals surface area contributed by atoms with Gasteiger partial charge in [-0.15, -0.1) is 0 Å². The normalized spacial score (nSPS) is 22.9. The average molecular weight is 345 g/mol. The van der Waals surface area contributed by atoms with Crippen LogP contribution in [0.1, 0.15) is 35.7 Å². The van der Waals surface area contributed by atoms with Gasteiger partial charge in [0.2, 0.25) is 0 Å². The Kier molecular flexibility index (Phi) is 4.27. The molecule has 1 unspecified atom stereocenters. The van der Waals surface area contributed by atoms with Gasteiger partial charge in [-0.05, 0) is 49.4 Å². The predicted octanol–water partition coefficient (Wildman–Crippen LogP) is 4.06. The number of piperidine rings is 1. The van der Waals surface area contributed by atoms with Crippen LogP contribution in [0.15, 0.2) is 54.6 Å². The highest BCUT2D eigenvalue weighted by Crippen LogP contribution is 2.39. The lowest BCUT2D eigenvalue weighted by Crippen LogP contribution is -2.47. The summed E-state index contributed by atoms with van der Waals surface area (Å²) in [5, 5.41) is 5.26. The lowest BCUT2D eigenvalue weighted by Gasteiger charge is -2.42. The van der Waals surface area contributed by atoms with E-state index in [0.717, 1.165) is 13.0 Å². The molecule has 2 atom stereocenters. The number of rotatable bonds is 4. The Morgan fingerprint density at radius 2 is 1.85 bits per heavy atom. The molecule has 0 aliphatic carbocycles. The minimum Gasteiger partial charge on any atom is -0.357 e. The summed E-state index contributed by atoms with van der Waals surface area (Å²) in [6.07, 6.45) is 4.78. The van der Waals surface area contributed by atoms with Crippen LogP contribution in [0.2, 0.25) is 0 Å². The summed E-state index contributed by atoms with van der Waals surface area (Å²) in [5.74, 6) is 0. The molecule has 0 bridgehead atoms. The molecule has 26 heavy (non-hydrogen) atoms. The maximum atomic E-state index is 3.83. The molecule has 3 nitrogen and oxygen atoms in total. The fourth-order valence-electron chi connectivity index (χ4n) is 4.86. The highest BCUT2D eigenvalue weighted by molar-refractivity contribution is 5.85. The quantitative estimate of drug-likeness (QED) is 0.747. The molecule has 0 amide bonds. The molecule has 3 aromatic rings. The molecule has 0 spiro atoms. The van der Waals surface area contributed by atoms with Gasteiger partial charge in [0.25, 0.3) is 0 Å². The number of fused-ring (bicyclic) bond motifs is 5. The monoisotopic (exact) mass is 345 g/mol. The Morgan fingerprint density at radius 3 is 2.77 bits per heavy atom. The largest absolute Gasteiger partial charge is 0.357 e. The maximum absolute atomic E-state index is 3.83. The summed E-state index contributed by atoms with van der Waals surface area (Å²) < 4.78 is 0. The van der Waals surface area contributed by atoms with E-state index >= 15 is 0 Å². The smallest absolute Gasteiger partial charge is 0.0516 e. The third-order valence-corrected chi connectivity index (χ3v) is 6.23. The Labute approximate surface area is 155 Å². The maximum Gasteiger partial charge on any atom is 0.0516 e. The van der Waals surface area contributed by atoms with Gasteiger partial charge in [-0.3, -0.25) is 4.90 Å². The zero-order valence-electron chi connectivity index (χ0n) is 15.2. The molecule has 5 rings (SSSR count). The molecule has 0 radical (unpaired) electrons. The number of nitrogens with one attached hydrogen (secondary N) is 2. The zero-order valence-corrected chi connectivity index (χ0v) is 15.2. The highest BCUT2D eigenvalue weighted by atomic mass is 15.2. The summed E-state index contributed by atoms with van der Waals surface area (Å²) in [6, 6.07) is 20.8.